The minimum atomic E-state index is -0.767. The molecule has 4 aliphatic rings. The largest absolute Gasteiger partial charge is 0.367 e. The van der Waals surface area contributed by atoms with Crippen molar-refractivity contribution >= 4 is 40.2 Å². The van der Waals surface area contributed by atoms with Crippen molar-refractivity contribution in [3.05, 3.63) is 40.8 Å². The molecule has 0 aliphatic carbocycles. The Hall–Kier alpha value is -2.65. The molecule has 4 aliphatic heterocycles. The van der Waals surface area contributed by atoms with Gasteiger partial charge in [-0.1, -0.05) is 51.6 Å². The van der Waals surface area contributed by atoms with Gasteiger partial charge in [-0.3, -0.25) is 19.4 Å². The third-order valence-electron chi connectivity index (χ3n) is 6.92. The van der Waals surface area contributed by atoms with Gasteiger partial charge in [0.05, 0.1) is 18.3 Å². The molecular formula is C25H30N4O4S. The van der Waals surface area contributed by atoms with Crippen molar-refractivity contribution in [2.24, 2.45) is 16.3 Å². The molecule has 2 saturated heterocycles. The highest BCUT2D eigenvalue weighted by Gasteiger charge is 2.52. The SMILES string of the molecule is C[C@H]1CN(C(=O)[C@@H](NC(=O)c2ccc(C3=CSC4=NCCN34)cc2)C(C)(C)C)[C@@H]2C(=O)CO[C@@H]21. The summed E-state index contributed by atoms with van der Waals surface area (Å²) in [5, 5.41) is 6.06. The van der Waals surface area contributed by atoms with Crippen LogP contribution in [-0.2, 0) is 14.3 Å². The summed E-state index contributed by atoms with van der Waals surface area (Å²) in [5.74, 6) is -0.531. The Morgan fingerprint density at radius 3 is 2.68 bits per heavy atom. The second kappa shape index (κ2) is 8.53. The van der Waals surface area contributed by atoms with E-state index in [1.54, 1.807) is 28.8 Å². The van der Waals surface area contributed by atoms with Crippen molar-refractivity contribution in [1.82, 2.24) is 15.1 Å². The molecule has 0 spiro atoms. The predicted octanol–water partition coefficient (Wildman–Crippen LogP) is 2.36. The zero-order valence-electron chi connectivity index (χ0n) is 19.9. The van der Waals surface area contributed by atoms with Crippen LogP contribution in [0.15, 0.2) is 34.7 Å². The normalized spacial score (nSPS) is 26.8. The number of fused-ring (bicyclic) bond motifs is 2. The number of amides is 2. The van der Waals surface area contributed by atoms with Gasteiger partial charge < -0.3 is 19.9 Å². The first-order valence-electron chi connectivity index (χ1n) is 11.7. The molecule has 1 aromatic carbocycles. The number of aliphatic imine (C=N–C) groups is 1. The Kier molecular flexibility index (Phi) is 5.80. The van der Waals surface area contributed by atoms with Crippen molar-refractivity contribution in [2.45, 2.75) is 45.9 Å². The summed E-state index contributed by atoms with van der Waals surface area (Å²) in [6.45, 7) is 9.92. The lowest BCUT2D eigenvalue weighted by molar-refractivity contribution is -0.140. The molecule has 180 valence electrons. The number of nitrogens with one attached hydrogen (secondary N) is 1. The van der Waals surface area contributed by atoms with E-state index >= 15 is 0 Å². The number of rotatable bonds is 4. The van der Waals surface area contributed by atoms with E-state index in [4.69, 9.17) is 4.74 Å². The van der Waals surface area contributed by atoms with Crippen LogP contribution in [0, 0.1) is 11.3 Å². The average molecular weight is 483 g/mol. The Morgan fingerprint density at radius 1 is 1.24 bits per heavy atom. The highest BCUT2D eigenvalue weighted by Crippen LogP contribution is 2.36. The van der Waals surface area contributed by atoms with E-state index in [0.717, 1.165) is 29.5 Å². The summed E-state index contributed by atoms with van der Waals surface area (Å²) < 4.78 is 5.63. The van der Waals surface area contributed by atoms with E-state index in [0.29, 0.717) is 12.1 Å². The number of thioether (sulfide) groups is 1. The molecule has 1 aromatic rings. The van der Waals surface area contributed by atoms with E-state index in [2.05, 4.69) is 20.6 Å². The molecule has 4 atom stereocenters. The van der Waals surface area contributed by atoms with Crippen LogP contribution >= 0.6 is 11.8 Å². The van der Waals surface area contributed by atoms with Crippen molar-refractivity contribution in [1.29, 1.82) is 0 Å². The first-order chi connectivity index (χ1) is 16.1. The van der Waals surface area contributed by atoms with E-state index in [1.807, 2.05) is 39.8 Å². The first-order valence-corrected chi connectivity index (χ1v) is 12.6. The maximum absolute atomic E-state index is 13.6. The second-order valence-corrected chi connectivity index (χ2v) is 11.3. The Bertz CT molecular complexity index is 1090. The topological polar surface area (TPSA) is 91.3 Å². The number of ether oxygens (including phenoxy) is 1. The van der Waals surface area contributed by atoms with Gasteiger partial charge in [-0.25, -0.2) is 0 Å². The number of amidine groups is 1. The Morgan fingerprint density at radius 2 is 1.97 bits per heavy atom. The van der Waals surface area contributed by atoms with Crippen LogP contribution in [0.2, 0.25) is 0 Å². The van der Waals surface area contributed by atoms with Gasteiger partial charge in [-0.15, -0.1) is 0 Å². The number of likely N-dealkylation sites (tertiary alicyclic amines) is 1. The fraction of sp³-hybridized carbons (Fsp3) is 0.520. The maximum Gasteiger partial charge on any atom is 0.251 e. The number of hydrogen-bond acceptors (Lipinski definition) is 7. The number of hydrogen-bond donors (Lipinski definition) is 1. The lowest BCUT2D eigenvalue weighted by atomic mass is 9.85. The monoisotopic (exact) mass is 482 g/mol. The minimum absolute atomic E-state index is 0.0437. The van der Waals surface area contributed by atoms with Crippen LogP contribution in [0.1, 0.15) is 43.6 Å². The maximum atomic E-state index is 13.6. The molecule has 1 N–H and O–H groups in total. The van der Waals surface area contributed by atoms with Gasteiger partial charge in [0, 0.05) is 30.0 Å². The third-order valence-corrected chi connectivity index (χ3v) is 7.82. The molecule has 34 heavy (non-hydrogen) atoms. The van der Waals surface area contributed by atoms with Crippen LogP contribution in [0.25, 0.3) is 5.70 Å². The van der Waals surface area contributed by atoms with Crippen LogP contribution in [0.3, 0.4) is 0 Å². The fourth-order valence-corrected chi connectivity index (χ4v) is 6.05. The third kappa shape index (κ3) is 3.94. The van der Waals surface area contributed by atoms with Crippen molar-refractivity contribution in [3.8, 4) is 0 Å². The second-order valence-electron chi connectivity index (χ2n) is 10.4. The molecule has 0 unspecified atom stereocenters. The highest BCUT2D eigenvalue weighted by molar-refractivity contribution is 8.16. The van der Waals surface area contributed by atoms with E-state index < -0.39 is 17.5 Å². The smallest absolute Gasteiger partial charge is 0.251 e. The van der Waals surface area contributed by atoms with E-state index in [9.17, 15) is 14.4 Å². The standard InChI is InChI=1S/C25H30N4O4S/c1-14-11-29(19-18(30)12-33-20(14)19)23(32)21(25(2,3)4)27-22(31)16-7-5-15(6-8-16)17-13-34-24-26-9-10-28(17)24/h5-8,13-14,19-21H,9-12H2,1-4H3,(H,27,31)/t14-,19+,20+,21+/m0/s1. The molecule has 5 rings (SSSR count). The van der Waals surface area contributed by atoms with Crippen molar-refractivity contribution < 1.29 is 19.1 Å². The number of Topliss-reactive ketones (excluding diaryl/α,β-unsaturated/α-hetero) is 1. The lowest BCUT2D eigenvalue weighted by Crippen LogP contribution is -2.57. The van der Waals surface area contributed by atoms with Crippen molar-refractivity contribution in [2.75, 3.05) is 26.2 Å². The molecular weight excluding hydrogens is 452 g/mol. The molecule has 0 radical (unpaired) electrons. The summed E-state index contributed by atoms with van der Waals surface area (Å²) in [7, 11) is 0. The van der Waals surface area contributed by atoms with Gasteiger partial charge >= 0.3 is 0 Å². The summed E-state index contributed by atoms with van der Waals surface area (Å²) >= 11 is 1.62. The average Bonchev–Trinajstić information content (AvgIpc) is 3.55. The van der Waals surface area contributed by atoms with Gasteiger partial charge in [0.1, 0.15) is 18.7 Å². The van der Waals surface area contributed by atoms with E-state index in [1.165, 1.54) is 0 Å². The van der Waals surface area contributed by atoms with E-state index in [-0.39, 0.29) is 36.2 Å². The summed E-state index contributed by atoms with van der Waals surface area (Å²) in [4.78, 5) is 47.5. The Balaban J connectivity index is 1.32. The number of nitrogens with zero attached hydrogens (tertiary/aromatic N) is 3. The Labute approximate surface area is 203 Å². The lowest BCUT2D eigenvalue weighted by Gasteiger charge is -2.35. The highest BCUT2D eigenvalue weighted by atomic mass is 32.2. The van der Waals surface area contributed by atoms with Crippen LogP contribution in [-0.4, -0.2) is 77.0 Å². The number of benzene rings is 1. The molecule has 2 fully saturated rings. The molecule has 0 saturated carbocycles. The van der Waals surface area contributed by atoms with Crippen molar-refractivity contribution in [3.63, 3.8) is 0 Å². The van der Waals surface area contributed by atoms with Gasteiger partial charge in [0.25, 0.3) is 5.91 Å². The van der Waals surface area contributed by atoms with Crippen LogP contribution in [0.5, 0.6) is 0 Å². The van der Waals surface area contributed by atoms with Gasteiger partial charge in [-0.2, -0.15) is 0 Å². The molecule has 0 aromatic heterocycles. The molecule has 0 bridgehead atoms. The van der Waals surface area contributed by atoms with Crippen LogP contribution in [0.4, 0.5) is 0 Å². The number of ketones is 1. The summed E-state index contributed by atoms with van der Waals surface area (Å²) in [6.07, 6.45) is -0.260. The zero-order chi connectivity index (χ0) is 24.2. The molecule has 8 nitrogen and oxygen atoms in total. The molecule has 4 heterocycles. The van der Waals surface area contributed by atoms with Gasteiger partial charge in [0.15, 0.2) is 11.0 Å². The van der Waals surface area contributed by atoms with Gasteiger partial charge in [0.2, 0.25) is 5.91 Å². The summed E-state index contributed by atoms with van der Waals surface area (Å²) in [5.41, 5.74) is 2.07. The predicted molar refractivity (Wildman–Crippen MR) is 131 cm³/mol. The zero-order valence-corrected chi connectivity index (χ0v) is 20.7. The minimum Gasteiger partial charge on any atom is -0.367 e. The molecule has 9 heteroatoms. The van der Waals surface area contributed by atoms with Gasteiger partial charge in [-0.05, 0) is 23.1 Å². The van der Waals surface area contributed by atoms with Crippen LogP contribution < -0.4 is 5.32 Å². The fourth-order valence-electron chi connectivity index (χ4n) is 5.09. The quantitative estimate of drug-likeness (QED) is 0.709. The number of carbonyl (C=O) groups excluding carboxylic acids is 3. The molecule has 2 amide bonds. The number of carbonyl (C=O) groups is 3. The first kappa shape index (κ1) is 23.1. The summed E-state index contributed by atoms with van der Waals surface area (Å²) in [6, 6.07) is 6.11.